The Morgan fingerprint density at radius 3 is 2.96 bits per heavy atom. The van der Waals surface area contributed by atoms with Gasteiger partial charge in [0.25, 0.3) is 5.91 Å². The van der Waals surface area contributed by atoms with Gasteiger partial charge in [-0.25, -0.2) is 0 Å². The van der Waals surface area contributed by atoms with Gasteiger partial charge >= 0.3 is 0 Å². The SMILES string of the molecule is CC1CCCCC1NC(=O)c1ccccc1CSC1=NCCS1. The quantitative estimate of drug-likeness (QED) is 0.880. The molecule has 0 bridgehead atoms. The van der Waals surface area contributed by atoms with Gasteiger partial charge in [-0.15, -0.1) is 0 Å². The van der Waals surface area contributed by atoms with Crippen molar-refractivity contribution in [3.63, 3.8) is 0 Å². The highest BCUT2D eigenvalue weighted by molar-refractivity contribution is 8.38. The summed E-state index contributed by atoms with van der Waals surface area (Å²) in [6.45, 7) is 3.18. The number of carbonyl (C=O) groups is 1. The summed E-state index contributed by atoms with van der Waals surface area (Å²) in [6, 6.07) is 8.30. The van der Waals surface area contributed by atoms with Crippen LogP contribution in [0.1, 0.15) is 48.5 Å². The van der Waals surface area contributed by atoms with Crippen LogP contribution in [0.4, 0.5) is 0 Å². The van der Waals surface area contributed by atoms with Crippen molar-refractivity contribution in [3.8, 4) is 0 Å². The van der Waals surface area contributed by atoms with Crippen molar-refractivity contribution in [2.75, 3.05) is 12.3 Å². The van der Waals surface area contributed by atoms with Crippen LogP contribution in [0, 0.1) is 5.92 Å². The Morgan fingerprint density at radius 1 is 1.35 bits per heavy atom. The predicted molar refractivity (Wildman–Crippen MR) is 101 cm³/mol. The number of nitrogens with zero attached hydrogens (tertiary/aromatic N) is 1. The van der Waals surface area contributed by atoms with E-state index in [1.165, 1.54) is 19.3 Å². The number of aliphatic imine (C=N–C) groups is 1. The van der Waals surface area contributed by atoms with Gasteiger partial charge in [-0.05, 0) is 30.4 Å². The molecule has 0 radical (unpaired) electrons. The van der Waals surface area contributed by atoms with Crippen LogP contribution in [0.25, 0.3) is 0 Å². The van der Waals surface area contributed by atoms with Gasteiger partial charge in [0.15, 0.2) is 0 Å². The molecule has 1 N–H and O–H groups in total. The number of carbonyl (C=O) groups excluding carboxylic acids is 1. The van der Waals surface area contributed by atoms with Crippen LogP contribution < -0.4 is 5.32 Å². The van der Waals surface area contributed by atoms with Crippen LogP contribution in [0.3, 0.4) is 0 Å². The molecule has 2 aliphatic rings. The third-order valence-electron chi connectivity index (χ3n) is 4.60. The van der Waals surface area contributed by atoms with Gasteiger partial charge in [-0.2, -0.15) is 0 Å². The van der Waals surface area contributed by atoms with Gasteiger partial charge in [0.1, 0.15) is 4.38 Å². The molecular weight excluding hydrogens is 324 g/mol. The molecule has 124 valence electrons. The van der Waals surface area contributed by atoms with Crippen molar-refractivity contribution in [1.82, 2.24) is 5.32 Å². The molecule has 1 fully saturated rings. The van der Waals surface area contributed by atoms with E-state index in [0.29, 0.717) is 12.0 Å². The van der Waals surface area contributed by atoms with Crippen LogP contribution in [-0.2, 0) is 5.75 Å². The molecule has 1 heterocycles. The van der Waals surface area contributed by atoms with Crippen LogP contribution in [0.2, 0.25) is 0 Å². The first kappa shape index (κ1) is 16.9. The fourth-order valence-electron chi connectivity index (χ4n) is 3.19. The molecule has 3 rings (SSSR count). The maximum absolute atomic E-state index is 12.7. The van der Waals surface area contributed by atoms with Crippen molar-refractivity contribution >= 4 is 33.8 Å². The van der Waals surface area contributed by atoms with E-state index in [1.54, 1.807) is 11.8 Å². The third-order valence-corrected chi connectivity index (χ3v) is 6.90. The van der Waals surface area contributed by atoms with E-state index in [9.17, 15) is 4.79 Å². The van der Waals surface area contributed by atoms with Crippen LogP contribution in [-0.4, -0.2) is 28.6 Å². The van der Waals surface area contributed by atoms with E-state index in [4.69, 9.17) is 0 Å². The number of benzene rings is 1. The summed E-state index contributed by atoms with van der Waals surface area (Å²) in [7, 11) is 0. The molecular formula is C18H24N2OS2. The predicted octanol–water partition coefficient (Wildman–Crippen LogP) is 4.33. The summed E-state index contributed by atoms with van der Waals surface area (Å²) in [6.07, 6.45) is 4.85. The van der Waals surface area contributed by atoms with E-state index in [1.807, 2.05) is 30.0 Å². The molecule has 1 amide bonds. The Morgan fingerprint density at radius 2 is 2.17 bits per heavy atom. The van der Waals surface area contributed by atoms with Crippen LogP contribution in [0.15, 0.2) is 29.3 Å². The van der Waals surface area contributed by atoms with E-state index < -0.39 is 0 Å². The summed E-state index contributed by atoms with van der Waals surface area (Å²) in [5.74, 6) is 2.57. The highest BCUT2D eigenvalue weighted by Gasteiger charge is 2.24. The molecule has 0 saturated heterocycles. The van der Waals surface area contributed by atoms with Gasteiger partial charge in [-0.1, -0.05) is 61.5 Å². The Hall–Kier alpha value is -0.940. The lowest BCUT2D eigenvalue weighted by atomic mass is 9.86. The van der Waals surface area contributed by atoms with E-state index >= 15 is 0 Å². The Balaban J connectivity index is 1.65. The van der Waals surface area contributed by atoms with Crippen molar-refractivity contribution in [1.29, 1.82) is 0 Å². The minimum Gasteiger partial charge on any atom is -0.349 e. The number of rotatable bonds is 4. The minimum absolute atomic E-state index is 0.0842. The third kappa shape index (κ3) is 4.54. The molecule has 1 aliphatic carbocycles. The van der Waals surface area contributed by atoms with Gasteiger partial charge < -0.3 is 5.32 Å². The Labute approximate surface area is 147 Å². The lowest BCUT2D eigenvalue weighted by Crippen LogP contribution is -2.41. The molecule has 1 saturated carbocycles. The van der Waals surface area contributed by atoms with E-state index in [0.717, 1.165) is 40.0 Å². The van der Waals surface area contributed by atoms with Crippen molar-refractivity contribution < 1.29 is 4.79 Å². The van der Waals surface area contributed by atoms with Gasteiger partial charge in [-0.3, -0.25) is 9.79 Å². The molecule has 2 atom stereocenters. The summed E-state index contributed by atoms with van der Waals surface area (Å²) >= 11 is 3.57. The fourth-order valence-corrected chi connectivity index (χ4v) is 5.20. The van der Waals surface area contributed by atoms with Crippen LogP contribution in [0.5, 0.6) is 0 Å². The zero-order valence-electron chi connectivity index (χ0n) is 13.6. The molecule has 3 nitrogen and oxygen atoms in total. The number of hydrogen-bond donors (Lipinski definition) is 1. The Bertz CT molecular complexity index is 588. The summed E-state index contributed by atoms with van der Waals surface area (Å²) in [5, 5.41) is 3.27. The van der Waals surface area contributed by atoms with Crippen molar-refractivity contribution in [2.45, 2.75) is 44.4 Å². The zero-order valence-corrected chi connectivity index (χ0v) is 15.2. The molecule has 0 aromatic heterocycles. The normalized spacial score (nSPS) is 24.3. The van der Waals surface area contributed by atoms with Gasteiger partial charge in [0, 0.05) is 23.1 Å². The van der Waals surface area contributed by atoms with E-state index in [-0.39, 0.29) is 5.91 Å². The van der Waals surface area contributed by atoms with Gasteiger partial charge in [0.05, 0.1) is 6.54 Å². The lowest BCUT2D eigenvalue weighted by molar-refractivity contribution is 0.0909. The fraction of sp³-hybridized carbons (Fsp3) is 0.556. The lowest BCUT2D eigenvalue weighted by Gasteiger charge is -2.29. The smallest absolute Gasteiger partial charge is 0.251 e. The second kappa shape index (κ2) is 8.25. The first-order chi connectivity index (χ1) is 11.2. The molecule has 2 unspecified atom stereocenters. The summed E-state index contributed by atoms with van der Waals surface area (Å²) in [5.41, 5.74) is 1.93. The Kier molecular flexibility index (Phi) is 6.06. The zero-order chi connectivity index (χ0) is 16.1. The first-order valence-corrected chi connectivity index (χ1v) is 10.4. The average Bonchev–Trinajstić information content (AvgIpc) is 3.09. The number of thioether (sulfide) groups is 2. The van der Waals surface area contributed by atoms with Gasteiger partial charge in [0.2, 0.25) is 0 Å². The highest BCUT2D eigenvalue weighted by atomic mass is 32.2. The van der Waals surface area contributed by atoms with Crippen LogP contribution >= 0.6 is 23.5 Å². The molecule has 1 aromatic rings. The maximum Gasteiger partial charge on any atom is 0.251 e. The molecule has 23 heavy (non-hydrogen) atoms. The molecule has 1 aliphatic heterocycles. The average molecular weight is 349 g/mol. The molecule has 0 spiro atoms. The first-order valence-electron chi connectivity index (χ1n) is 8.43. The topological polar surface area (TPSA) is 41.5 Å². The standard InChI is InChI=1S/C18H24N2OS2/c1-13-6-2-5-9-16(13)20-17(21)15-8-4-3-7-14(15)12-23-18-19-10-11-22-18/h3-4,7-8,13,16H,2,5-6,9-12H2,1H3,(H,20,21). The number of hydrogen-bond acceptors (Lipinski definition) is 4. The molecule has 1 aromatic carbocycles. The van der Waals surface area contributed by atoms with Crippen molar-refractivity contribution in [2.24, 2.45) is 10.9 Å². The largest absolute Gasteiger partial charge is 0.349 e. The molecule has 5 heteroatoms. The minimum atomic E-state index is 0.0842. The van der Waals surface area contributed by atoms with Crippen molar-refractivity contribution in [3.05, 3.63) is 35.4 Å². The number of amides is 1. The second-order valence-corrected chi connectivity index (χ2v) is 8.59. The number of nitrogens with one attached hydrogen (secondary N) is 1. The monoisotopic (exact) mass is 348 g/mol. The van der Waals surface area contributed by atoms with E-state index in [2.05, 4.69) is 23.3 Å². The summed E-state index contributed by atoms with van der Waals surface area (Å²) in [4.78, 5) is 17.2. The summed E-state index contributed by atoms with van der Waals surface area (Å²) < 4.78 is 1.15. The second-order valence-electron chi connectivity index (χ2n) is 6.28. The maximum atomic E-state index is 12.7. The highest BCUT2D eigenvalue weighted by Crippen LogP contribution is 2.27.